The van der Waals surface area contributed by atoms with Crippen LogP contribution in [0.3, 0.4) is 0 Å². The molecule has 2 heterocycles. The molecule has 0 spiro atoms. The van der Waals surface area contributed by atoms with Gasteiger partial charge in [0.05, 0.1) is 19.3 Å². The summed E-state index contributed by atoms with van der Waals surface area (Å²) < 4.78 is 5.43. The van der Waals surface area contributed by atoms with Gasteiger partial charge in [0.1, 0.15) is 0 Å². The number of aliphatic hydroxyl groups excluding tert-OH is 1. The Morgan fingerprint density at radius 1 is 1.05 bits per heavy atom. The summed E-state index contributed by atoms with van der Waals surface area (Å²) in [6.07, 6.45) is 7.61. The van der Waals surface area contributed by atoms with Crippen molar-refractivity contribution in [2.45, 2.75) is 50.7 Å². The number of likely N-dealkylation sites (tertiary alicyclic amines) is 1. The lowest BCUT2D eigenvalue weighted by atomic mass is 10.00. The van der Waals surface area contributed by atoms with Gasteiger partial charge in [0.2, 0.25) is 0 Å². The fourth-order valence-electron chi connectivity index (χ4n) is 4.22. The number of hydrogen-bond donors (Lipinski definition) is 1. The second kappa shape index (κ2) is 7.21. The molecule has 3 rings (SSSR count). The predicted molar refractivity (Wildman–Crippen MR) is 79.8 cm³/mol. The van der Waals surface area contributed by atoms with Crippen molar-refractivity contribution in [1.82, 2.24) is 9.80 Å². The van der Waals surface area contributed by atoms with Gasteiger partial charge in [0, 0.05) is 32.2 Å². The zero-order valence-electron chi connectivity index (χ0n) is 12.7. The fourth-order valence-corrected chi connectivity index (χ4v) is 4.22. The summed E-state index contributed by atoms with van der Waals surface area (Å²) in [4.78, 5) is 5.05. The van der Waals surface area contributed by atoms with Crippen LogP contribution in [-0.4, -0.2) is 73.0 Å². The zero-order valence-corrected chi connectivity index (χ0v) is 12.7. The molecule has 1 aliphatic carbocycles. The van der Waals surface area contributed by atoms with E-state index in [0.29, 0.717) is 6.04 Å². The van der Waals surface area contributed by atoms with Crippen molar-refractivity contribution >= 4 is 0 Å². The van der Waals surface area contributed by atoms with Gasteiger partial charge in [-0.15, -0.1) is 0 Å². The number of β-amino-alcohol motifs (C(OH)–C–C–N with tert-alkyl or cyclic N) is 1. The molecule has 4 heteroatoms. The van der Waals surface area contributed by atoms with Crippen molar-refractivity contribution in [3.8, 4) is 0 Å². The number of morpholine rings is 1. The van der Waals surface area contributed by atoms with Crippen LogP contribution in [0.4, 0.5) is 0 Å². The summed E-state index contributed by atoms with van der Waals surface area (Å²) in [5.74, 6) is 0.794. The quantitative estimate of drug-likeness (QED) is 0.825. The third-order valence-corrected chi connectivity index (χ3v) is 5.36. The van der Waals surface area contributed by atoms with Crippen LogP contribution in [0.15, 0.2) is 0 Å². The molecule has 3 aliphatic rings. The molecule has 4 nitrogen and oxygen atoms in total. The zero-order chi connectivity index (χ0) is 13.8. The summed E-state index contributed by atoms with van der Waals surface area (Å²) in [5, 5.41) is 10.3. The third-order valence-electron chi connectivity index (χ3n) is 5.36. The first-order valence-corrected chi connectivity index (χ1v) is 8.53. The van der Waals surface area contributed by atoms with Crippen LogP contribution in [0.25, 0.3) is 0 Å². The second-order valence-corrected chi connectivity index (χ2v) is 6.89. The third kappa shape index (κ3) is 3.94. The Hall–Kier alpha value is -0.160. The van der Waals surface area contributed by atoms with Crippen LogP contribution in [0.5, 0.6) is 0 Å². The second-order valence-electron chi connectivity index (χ2n) is 6.89. The number of aliphatic hydroxyl groups is 1. The predicted octanol–water partition coefficient (Wildman–Crippen LogP) is 1.33. The van der Waals surface area contributed by atoms with Crippen LogP contribution >= 0.6 is 0 Å². The van der Waals surface area contributed by atoms with Crippen LogP contribution in [0.1, 0.15) is 38.5 Å². The van der Waals surface area contributed by atoms with E-state index in [9.17, 15) is 5.11 Å². The smallest absolute Gasteiger partial charge is 0.0669 e. The maximum Gasteiger partial charge on any atom is 0.0669 e. The lowest BCUT2D eigenvalue weighted by Crippen LogP contribution is -2.45. The normalized spacial score (nSPS) is 31.9. The van der Waals surface area contributed by atoms with Gasteiger partial charge in [-0.1, -0.05) is 25.7 Å². The van der Waals surface area contributed by atoms with Crippen LogP contribution in [0, 0.1) is 5.92 Å². The Kier molecular flexibility index (Phi) is 5.32. The van der Waals surface area contributed by atoms with Gasteiger partial charge in [0.15, 0.2) is 0 Å². The summed E-state index contributed by atoms with van der Waals surface area (Å²) in [7, 11) is 0. The van der Waals surface area contributed by atoms with Crippen molar-refractivity contribution in [3.63, 3.8) is 0 Å². The minimum atomic E-state index is -0.110. The SMILES string of the molecule is OC(CC1CCCC1)CN1CCC(N2CCOCC2)C1. The van der Waals surface area contributed by atoms with E-state index >= 15 is 0 Å². The molecule has 116 valence electrons. The molecule has 3 fully saturated rings. The molecule has 0 bridgehead atoms. The average Bonchev–Trinajstić information content (AvgIpc) is 3.11. The highest BCUT2D eigenvalue weighted by atomic mass is 16.5. The van der Waals surface area contributed by atoms with E-state index in [-0.39, 0.29) is 6.10 Å². The van der Waals surface area contributed by atoms with Crippen molar-refractivity contribution in [1.29, 1.82) is 0 Å². The molecular weight excluding hydrogens is 252 g/mol. The Labute approximate surface area is 123 Å². The summed E-state index contributed by atoms with van der Waals surface area (Å²) in [6, 6.07) is 0.692. The summed E-state index contributed by atoms with van der Waals surface area (Å²) >= 11 is 0. The topological polar surface area (TPSA) is 35.9 Å². The van der Waals surface area contributed by atoms with E-state index < -0.39 is 0 Å². The molecule has 2 saturated heterocycles. The van der Waals surface area contributed by atoms with Gasteiger partial charge in [-0.3, -0.25) is 9.80 Å². The highest BCUT2D eigenvalue weighted by molar-refractivity contribution is 4.85. The van der Waals surface area contributed by atoms with Gasteiger partial charge >= 0.3 is 0 Å². The molecule has 2 aliphatic heterocycles. The average molecular weight is 282 g/mol. The maximum atomic E-state index is 10.3. The first-order chi connectivity index (χ1) is 9.81. The van der Waals surface area contributed by atoms with Gasteiger partial charge in [-0.25, -0.2) is 0 Å². The largest absolute Gasteiger partial charge is 0.392 e. The summed E-state index contributed by atoms with van der Waals surface area (Å²) in [6.45, 7) is 7.14. The molecule has 0 aromatic carbocycles. The van der Waals surface area contributed by atoms with E-state index in [1.807, 2.05) is 0 Å². The number of rotatable bonds is 5. The van der Waals surface area contributed by atoms with Crippen molar-refractivity contribution in [2.24, 2.45) is 5.92 Å². The summed E-state index contributed by atoms with van der Waals surface area (Å²) in [5.41, 5.74) is 0. The molecule has 20 heavy (non-hydrogen) atoms. The molecular formula is C16H30N2O2. The first-order valence-electron chi connectivity index (χ1n) is 8.53. The molecule has 1 N–H and O–H groups in total. The minimum absolute atomic E-state index is 0.110. The van der Waals surface area contributed by atoms with Crippen LogP contribution in [0.2, 0.25) is 0 Å². The molecule has 0 aromatic heterocycles. The Bertz CT molecular complexity index is 288. The Morgan fingerprint density at radius 2 is 1.80 bits per heavy atom. The Balaban J connectivity index is 1.38. The fraction of sp³-hybridized carbons (Fsp3) is 1.00. The minimum Gasteiger partial charge on any atom is -0.392 e. The van der Waals surface area contributed by atoms with Crippen molar-refractivity contribution in [3.05, 3.63) is 0 Å². The Morgan fingerprint density at radius 3 is 2.55 bits per heavy atom. The van der Waals surface area contributed by atoms with Gasteiger partial charge in [-0.2, -0.15) is 0 Å². The molecule has 0 amide bonds. The van der Waals surface area contributed by atoms with Gasteiger partial charge in [0.25, 0.3) is 0 Å². The van der Waals surface area contributed by atoms with E-state index in [2.05, 4.69) is 9.80 Å². The van der Waals surface area contributed by atoms with Crippen molar-refractivity contribution < 1.29 is 9.84 Å². The molecule has 2 unspecified atom stereocenters. The molecule has 2 atom stereocenters. The maximum absolute atomic E-state index is 10.3. The van der Waals surface area contributed by atoms with E-state index in [1.165, 1.54) is 32.1 Å². The van der Waals surface area contributed by atoms with Gasteiger partial charge < -0.3 is 9.84 Å². The standard InChI is InChI=1S/C16H30N2O2/c19-16(11-14-3-1-2-4-14)13-17-6-5-15(12-17)18-7-9-20-10-8-18/h14-16,19H,1-13H2. The molecule has 0 radical (unpaired) electrons. The van der Waals surface area contributed by atoms with E-state index in [1.54, 1.807) is 0 Å². The molecule has 0 aromatic rings. The first kappa shape index (κ1) is 14.8. The monoisotopic (exact) mass is 282 g/mol. The van der Waals surface area contributed by atoms with E-state index in [4.69, 9.17) is 4.74 Å². The van der Waals surface area contributed by atoms with Crippen molar-refractivity contribution in [2.75, 3.05) is 45.9 Å². The molecule has 1 saturated carbocycles. The number of ether oxygens (including phenoxy) is 1. The lowest BCUT2D eigenvalue weighted by molar-refractivity contribution is 0.0171. The number of hydrogen-bond acceptors (Lipinski definition) is 4. The lowest BCUT2D eigenvalue weighted by Gasteiger charge is -2.32. The van der Waals surface area contributed by atoms with E-state index in [0.717, 1.165) is 58.3 Å². The highest BCUT2D eigenvalue weighted by Crippen LogP contribution is 2.29. The number of nitrogens with zero attached hydrogens (tertiary/aromatic N) is 2. The van der Waals surface area contributed by atoms with Crippen LogP contribution < -0.4 is 0 Å². The van der Waals surface area contributed by atoms with Gasteiger partial charge in [-0.05, 0) is 25.3 Å². The highest BCUT2D eigenvalue weighted by Gasteiger charge is 2.30. The van der Waals surface area contributed by atoms with Crippen LogP contribution in [-0.2, 0) is 4.74 Å².